The van der Waals surface area contributed by atoms with Gasteiger partial charge in [-0.1, -0.05) is 129 Å². The predicted molar refractivity (Wildman–Crippen MR) is 113 cm³/mol. The summed E-state index contributed by atoms with van der Waals surface area (Å²) >= 11 is 0. The third kappa shape index (κ3) is 24.0. The van der Waals surface area contributed by atoms with Gasteiger partial charge in [0.25, 0.3) is 0 Å². The second-order valence-corrected chi connectivity index (χ2v) is 8.87. The van der Waals surface area contributed by atoms with Crippen LogP contribution in [0.3, 0.4) is 0 Å². The smallest absolute Gasteiger partial charge is 0.0980 e. The first kappa shape index (κ1) is 25.0. The van der Waals surface area contributed by atoms with Crippen LogP contribution in [0.2, 0.25) is 0 Å². The number of unbranched alkanes of at least 4 members (excludes halogenated alkanes) is 18. The van der Waals surface area contributed by atoms with E-state index < -0.39 is 5.60 Å². The van der Waals surface area contributed by atoms with E-state index in [4.69, 9.17) is 0 Å². The fourth-order valence-electron chi connectivity index (χ4n) is 3.63. The SMILES string of the molecule is CCCCCCCCCCCCCCCCCCCCCC(C)(C)[O]. The molecule has 0 fully saturated rings. The van der Waals surface area contributed by atoms with Crippen molar-refractivity contribution in [1.82, 2.24) is 0 Å². The van der Waals surface area contributed by atoms with E-state index in [0.29, 0.717) is 0 Å². The summed E-state index contributed by atoms with van der Waals surface area (Å²) in [6.45, 7) is 5.91. The van der Waals surface area contributed by atoms with Crippen LogP contribution in [0.4, 0.5) is 0 Å². The molecule has 0 bridgehead atoms. The fourth-order valence-corrected chi connectivity index (χ4v) is 3.63. The van der Waals surface area contributed by atoms with Gasteiger partial charge in [0.1, 0.15) is 0 Å². The van der Waals surface area contributed by atoms with Gasteiger partial charge >= 0.3 is 0 Å². The molecule has 0 aromatic carbocycles. The predicted octanol–water partition coefficient (Wildman–Crippen LogP) is 9.02. The molecule has 0 rings (SSSR count). The van der Waals surface area contributed by atoms with Gasteiger partial charge in [0.2, 0.25) is 0 Å². The lowest BCUT2D eigenvalue weighted by Crippen LogP contribution is -2.15. The summed E-state index contributed by atoms with van der Waals surface area (Å²) in [5.41, 5.74) is -0.714. The van der Waals surface area contributed by atoms with E-state index in [2.05, 4.69) is 6.92 Å². The molecule has 0 amide bonds. The van der Waals surface area contributed by atoms with E-state index in [9.17, 15) is 5.11 Å². The third-order valence-corrected chi connectivity index (χ3v) is 5.38. The van der Waals surface area contributed by atoms with Gasteiger partial charge < -0.3 is 0 Å². The highest BCUT2D eigenvalue weighted by Crippen LogP contribution is 2.17. The van der Waals surface area contributed by atoms with Crippen molar-refractivity contribution in [1.29, 1.82) is 0 Å². The normalized spacial score (nSPS) is 12.0. The number of rotatable bonds is 20. The Bertz CT molecular complexity index is 241. The quantitative estimate of drug-likeness (QED) is 0.194. The molecule has 0 unspecified atom stereocenters. The van der Waals surface area contributed by atoms with Gasteiger partial charge in [-0.05, 0) is 20.3 Å². The summed E-state index contributed by atoms with van der Waals surface area (Å²) in [5.74, 6) is 0. The Morgan fingerprint density at radius 1 is 0.440 bits per heavy atom. The van der Waals surface area contributed by atoms with Gasteiger partial charge in [0, 0.05) is 0 Å². The van der Waals surface area contributed by atoms with Gasteiger partial charge in [-0.3, -0.25) is 0 Å². The van der Waals surface area contributed by atoms with Crippen molar-refractivity contribution in [2.75, 3.05) is 0 Å². The summed E-state index contributed by atoms with van der Waals surface area (Å²) in [7, 11) is 0. The molecule has 0 aliphatic heterocycles. The highest BCUT2D eigenvalue weighted by atomic mass is 16.3. The molecular weight excluding hydrogens is 304 g/mol. The minimum absolute atomic E-state index is 0.714. The first-order valence-corrected chi connectivity index (χ1v) is 11.8. The van der Waals surface area contributed by atoms with Gasteiger partial charge in [0.15, 0.2) is 0 Å². The monoisotopic (exact) mass is 353 g/mol. The fraction of sp³-hybridized carbons (Fsp3) is 1.00. The Balaban J connectivity index is 3.01. The van der Waals surface area contributed by atoms with Crippen LogP contribution < -0.4 is 0 Å². The van der Waals surface area contributed by atoms with E-state index in [-0.39, 0.29) is 0 Å². The Morgan fingerprint density at radius 2 is 0.680 bits per heavy atom. The van der Waals surface area contributed by atoms with Crippen LogP contribution in [0.1, 0.15) is 149 Å². The lowest BCUT2D eigenvalue weighted by molar-refractivity contribution is -0.00511. The van der Waals surface area contributed by atoms with E-state index in [0.717, 1.165) is 12.8 Å². The zero-order chi connectivity index (χ0) is 18.6. The van der Waals surface area contributed by atoms with Gasteiger partial charge in [-0.15, -0.1) is 0 Å². The number of hydrogen-bond donors (Lipinski definition) is 0. The van der Waals surface area contributed by atoms with Crippen LogP contribution in [0, 0.1) is 0 Å². The lowest BCUT2D eigenvalue weighted by Gasteiger charge is -2.13. The first-order valence-electron chi connectivity index (χ1n) is 11.8. The molecule has 25 heavy (non-hydrogen) atoms. The third-order valence-electron chi connectivity index (χ3n) is 5.38. The summed E-state index contributed by atoms with van der Waals surface area (Å²) in [5, 5.41) is 11.5. The van der Waals surface area contributed by atoms with Crippen LogP contribution in [-0.4, -0.2) is 5.60 Å². The Morgan fingerprint density at radius 3 is 0.920 bits per heavy atom. The van der Waals surface area contributed by atoms with Crippen LogP contribution in [0.5, 0.6) is 0 Å². The molecule has 0 atom stereocenters. The molecule has 1 radical (unpaired) electrons. The highest BCUT2D eigenvalue weighted by Gasteiger charge is 2.13. The molecular formula is C24H49O. The Hall–Kier alpha value is -0.0400. The molecule has 0 heterocycles. The van der Waals surface area contributed by atoms with Crippen LogP contribution >= 0.6 is 0 Å². The second kappa shape index (κ2) is 18.7. The zero-order valence-electron chi connectivity index (χ0n) is 18.1. The lowest BCUT2D eigenvalue weighted by atomic mass is 9.99. The van der Waals surface area contributed by atoms with Crippen LogP contribution in [-0.2, 0) is 5.11 Å². The van der Waals surface area contributed by atoms with Crippen molar-refractivity contribution in [3.8, 4) is 0 Å². The summed E-state index contributed by atoms with van der Waals surface area (Å²) in [6.07, 6.45) is 27.6. The topological polar surface area (TPSA) is 19.9 Å². The minimum Gasteiger partial charge on any atom is -0.230 e. The van der Waals surface area contributed by atoms with Crippen LogP contribution in [0.25, 0.3) is 0 Å². The average Bonchev–Trinajstić information content (AvgIpc) is 2.56. The molecule has 0 spiro atoms. The molecule has 0 aliphatic rings. The maximum absolute atomic E-state index is 11.5. The van der Waals surface area contributed by atoms with E-state index in [1.54, 1.807) is 0 Å². The molecule has 0 aromatic rings. The molecule has 0 aliphatic carbocycles. The molecule has 0 N–H and O–H groups in total. The molecule has 0 saturated carbocycles. The Kier molecular flexibility index (Phi) is 18.7. The number of hydrogen-bond acceptors (Lipinski definition) is 0. The minimum atomic E-state index is -0.714. The van der Waals surface area contributed by atoms with Crippen molar-refractivity contribution < 1.29 is 5.11 Å². The van der Waals surface area contributed by atoms with Gasteiger partial charge in [-0.2, -0.15) is 0 Å². The zero-order valence-corrected chi connectivity index (χ0v) is 18.1. The van der Waals surface area contributed by atoms with E-state index >= 15 is 0 Å². The maximum atomic E-state index is 11.5. The average molecular weight is 354 g/mol. The van der Waals surface area contributed by atoms with Crippen molar-refractivity contribution in [3.05, 3.63) is 0 Å². The van der Waals surface area contributed by atoms with E-state index in [1.165, 1.54) is 116 Å². The summed E-state index contributed by atoms with van der Waals surface area (Å²) in [4.78, 5) is 0. The highest BCUT2D eigenvalue weighted by molar-refractivity contribution is 4.63. The van der Waals surface area contributed by atoms with E-state index in [1.807, 2.05) is 13.8 Å². The largest absolute Gasteiger partial charge is 0.230 e. The molecule has 151 valence electrons. The van der Waals surface area contributed by atoms with Crippen molar-refractivity contribution in [2.24, 2.45) is 0 Å². The summed E-state index contributed by atoms with van der Waals surface area (Å²) < 4.78 is 0. The van der Waals surface area contributed by atoms with Gasteiger partial charge in [0.05, 0.1) is 5.60 Å². The van der Waals surface area contributed by atoms with Crippen LogP contribution in [0.15, 0.2) is 0 Å². The first-order chi connectivity index (χ1) is 12.1. The van der Waals surface area contributed by atoms with Gasteiger partial charge in [-0.25, -0.2) is 5.11 Å². The molecule has 1 heteroatoms. The second-order valence-electron chi connectivity index (χ2n) is 8.87. The molecule has 0 aromatic heterocycles. The maximum Gasteiger partial charge on any atom is 0.0980 e. The molecule has 1 nitrogen and oxygen atoms in total. The molecule has 0 saturated heterocycles. The summed E-state index contributed by atoms with van der Waals surface area (Å²) in [6, 6.07) is 0. The van der Waals surface area contributed by atoms with Crippen molar-refractivity contribution in [2.45, 2.75) is 155 Å². The van der Waals surface area contributed by atoms with Crippen molar-refractivity contribution in [3.63, 3.8) is 0 Å². The Labute approximate surface area is 160 Å². The standard InChI is InChI=1S/C24H49O/c1-4-5-6-7-8-9-10-11-12-13-14-15-16-17-18-19-20-21-22-23-24(2,3)25/h4-23H2,1-3H3. The van der Waals surface area contributed by atoms with Crippen molar-refractivity contribution >= 4 is 0 Å².